The summed E-state index contributed by atoms with van der Waals surface area (Å²) < 4.78 is 5.41. The standard InChI is InChI=1S/C16H23N5O.3ClH/c1-5-17-6-2-11(1)13-9-18-16-15(13)21-14(10-19-16)20-12-3-7-22-8-4-12;;;/h9-12,17H,1-8H2,(H,18,19)(H,20,21);3*1H. The van der Waals surface area contributed by atoms with Crippen molar-refractivity contribution >= 4 is 54.2 Å². The van der Waals surface area contributed by atoms with Crippen LogP contribution in [0.2, 0.25) is 0 Å². The van der Waals surface area contributed by atoms with Gasteiger partial charge in [-0.05, 0) is 44.7 Å². The second-order valence-electron chi connectivity index (χ2n) is 6.25. The van der Waals surface area contributed by atoms with Crippen LogP contribution >= 0.6 is 37.2 Å². The molecule has 6 nitrogen and oxygen atoms in total. The van der Waals surface area contributed by atoms with Crippen LogP contribution < -0.4 is 10.6 Å². The number of H-pyrrole nitrogens is 1. The van der Waals surface area contributed by atoms with Gasteiger partial charge in [0.1, 0.15) is 11.3 Å². The van der Waals surface area contributed by atoms with Crippen LogP contribution in [0.4, 0.5) is 5.82 Å². The highest BCUT2D eigenvalue weighted by Crippen LogP contribution is 2.30. The second kappa shape index (κ2) is 10.4. The van der Waals surface area contributed by atoms with Crippen LogP contribution in [0.15, 0.2) is 12.4 Å². The average molecular weight is 411 g/mol. The molecule has 0 unspecified atom stereocenters. The van der Waals surface area contributed by atoms with Crippen LogP contribution in [-0.4, -0.2) is 47.3 Å². The third-order valence-electron chi connectivity index (χ3n) is 4.76. The van der Waals surface area contributed by atoms with Gasteiger partial charge in [-0.3, -0.25) is 0 Å². The molecule has 2 aliphatic rings. The molecule has 0 bridgehead atoms. The van der Waals surface area contributed by atoms with Crippen molar-refractivity contribution in [3.63, 3.8) is 0 Å². The Balaban J connectivity index is 0.00000104. The van der Waals surface area contributed by atoms with Gasteiger partial charge in [-0.1, -0.05) is 0 Å². The Morgan fingerprint density at radius 2 is 1.76 bits per heavy atom. The second-order valence-corrected chi connectivity index (χ2v) is 6.25. The minimum atomic E-state index is 0. The summed E-state index contributed by atoms with van der Waals surface area (Å²) in [6.07, 6.45) is 8.35. The SMILES string of the molecule is Cl.Cl.Cl.c1nc2[nH]cc(C3CCNCC3)c2nc1NC1CCOCC1. The van der Waals surface area contributed by atoms with E-state index in [4.69, 9.17) is 9.72 Å². The first-order valence-electron chi connectivity index (χ1n) is 8.29. The minimum Gasteiger partial charge on any atom is -0.381 e. The monoisotopic (exact) mass is 409 g/mol. The lowest BCUT2D eigenvalue weighted by molar-refractivity contribution is 0.0904. The summed E-state index contributed by atoms with van der Waals surface area (Å²) in [5, 5.41) is 6.93. The normalized spacial score (nSPS) is 18.7. The molecule has 2 saturated heterocycles. The Hall–Kier alpha value is -0.790. The van der Waals surface area contributed by atoms with E-state index in [0.29, 0.717) is 12.0 Å². The van der Waals surface area contributed by atoms with E-state index in [1.54, 1.807) is 0 Å². The number of nitrogens with zero attached hydrogens (tertiary/aromatic N) is 2. The molecule has 2 fully saturated rings. The molecular weight excluding hydrogens is 385 g/mol. The van der Waals surface area contributed by atoms with Gasteiger partial charge < -0.3 is 20.4 Å². The number of rotatable bonds is 3. The fraction of sp³-hybridized carbons (Fsp3) is 0.625. The van der Waals surface area contributed by atoms with Crippen LogP contribution in [-0.2, 0) is 4.74 Å². The van der Waals surface area contributed by atoms with Crippen LogP contribution in [0.1, 0.15) is 37.2 Å². The van der Waals surface area contributed by atoms with E-state index in [1.807, 2.05) is 6.20 Å². The Kier molecular flexibility index (Phi) is 9.24. The molecular formula is C16H26Cl3N5O. The summed E-state index contributed by atoms with van der Waals surface area (Å²) >= 11 is 0. The molecule has 3 N–H and O–H groups in total. The molecule has 25 heavy (non-hydrogen) atoms. The molecule has 0 aromatic carbocycles. The van der Waals surface area contributed by atoms with Gasteiger partial charge >= 0.3 is 0 Å². The van der Waals surface area contributed by atoms with E-state index in [9.17, 15) is 0 Å². The molecule has 0 atom stereocenters. The number of fused-ring (bicyclic) bond motifs is 1. The zero-order valence-corrected chi connectivity index (χ0v) is 16.4. The number of anilines is 1. The van der Waals surface area contributed by atoms with Crippen molar-refractivity contribution in [1.82, 2.24) is 20.3 Å². The lowest BCUT2D eigenvalue weighted by atomic mass is 9.91. The van der Waals surface area contributed by atoms with Crippen molar-refractivity contribution < 1.29 is 4.74 Å². The number of hydrogen-bond acceptors (Lipinski definition) is 5. The smallest absolute Gasteiger partial charge is 0.156 e. The third kappa shape index (κ3) is 5.11. The first-order valence-corrected chi connectivity index (χ1v) is 8.29. The van der Waals surface area contributed by atoms with Crippen molar-refractivity contribution in [2.45, 2.75) is 37.6 Å². The number of piperidine rings is 1. The lowest BCUT2D eigenvalue weighted by Crippen LogP contribution is -2.28. The van der Waals surface area contributed by atoms with Crippen molar-refractivity contribution in [2.24, 2.45) is 0 Å². The maximum absolute atomic E-state index is 5.41. The van der Waals surface area contributed by atoms with Gasteiger partial charge in [-0.25, -0.2) is 9.97 Å². The molecule has 2 aromatic rings. The molecule has 4 rings (SSSR count). The minimum absolute atomic E-state index is 0. The third-order valence-corrected chi connectivity index (χ3v) is 4.76. The Labute approximate surface area is 166 Å². The number of nitrogens with one attached hydrogen (secondary N) is 3. The Morgan fingerprint density at radius 1 is 1.04 bits per heavy atom. The van der Waals surface area contributed by atoms with Crippen LogP contribution in [0.5, 0.6) is 0 Å². The van der Waals surface area contributed by atoms with Gasteiger partial charge in [0, 0.05) is 31.0 Å². The molecule has 0 aliphatic carbocycles. The molecule has 9 heteroatoms. The lowest BCUT2D eigenvalue weighted by Gasteiger charge is -2.24. The predicted molar refractivity (Wildman–Crippen MR) is 108 cm³/mol. The molecule has 142 valence electrons. The zero-order chi connectivity index (χ0) is 14.8. The van der Waals surface area contributed by atoms with Gasteiger partial charge in [-0.15, -0.1) is 37.2 Å². The van der Waals surface area contributed by atoms with Crippen LogP contribution in [0, 0.1) is 0 Å². The van der Waals surface area contributed by atoms with Crippen molar-refractivity contribution in [2.75, 3.05) is 31.6 Å². The molecule has 4 heterocycles. The van der Waals surface area contributed by atoms with Crippen molar-refractivity contribution in [1.29, 1.82) is 0 Å². The Morgan fingerprint density at radius 3 is 2.48 bits per heavy atom. The van der Waals surface area contributed by atoms with Crippen LogP contribution in [0.25, 0.3) is 11.2 Å². The fourth-order valence-corrected chi connectivity index (χ4v) is 3.48. The van der Waals surface area contributed by atoms with E-state index < -0.39 is 0 Å². The molecule has 2 aliphatic heterocycles. The summed E-state index contributed by atoms with van der Waals surface area (Å²) in [6.45, 7) is 3.84. The van der Waals surface area contributed by atoms with E-state index in [-0.39, 0.29) is 37.2 Å². The summed E-state index contributed by atoms with van der Waals surface area (Å²) in [6, 6.07) is 0.446. The molecule has 2 aromatic heterocycles. The zero-order valence-electron chi connectivity index (χ0n) is 14.0. The highest BCUT2D eigenvalue weighted by atomic mass is 35.5. The van der Waals surface area contributed by atoms with Crippen LogP contribution in [0.3, 0.4) is 0 Å². The average Bonchev–Trinajstić information content (AvgIpc) is 3.00. The first kappa shape index (κ1) is 22.3. The molecule has 0 saturated carbocycles. The summed E-state index contributed by atoms with van der Waals surface area (Å²) in [4.78, 5) is 12.6. The highest BCUT2D eigenvalue weighted by Gasteiger charge is 2.20. The predicted octanol–water partition coefficient (Wildman–Crippen LogP) is 3.28. The van der Waals surface area contributed by atoms with E-state index in [2.05, 4.69) is 26.8 Å². The topological polar surface area (TPSA) is 74.9 Å². The fourth-order valence-electron chi connectivity index (χ4n) is 3.48. The molecule has 0 amide bonds. The summed E-state index contributed by atoms with van der Waals surface area (Å²) in [5.74, 6) is 1.47. The van der Waals surface area contributed by atoms with Crippen molar-refractivity contribution in [3.05, 3.63) is 18.0 Å². The quantitative estimate of drug-likeness (QED) is 0.724. The first-order chi connectivity index (χ1) is 10.9. The largest absolute Gasteiger partial charge is 0.381 e. The van der Waals surface area contributed by atoms with Gasteiger partial charge in [0.2, 0.25) is 0 Å². The number of aromatic amines is 1. The number of aromatic nitrogens is 3. The number of hydrogen-bond donors (Lipinski definition) is 3. The van der Waals surface area contributed by atoms with E-state index >= 15 is 0 Å². The highest BCUT2D eigenvalue weighted by molar-refractivity contribution is 5.86. The van der Waals surface area contributed by atoms with Crippen molar-refractivity contribution in [3.8, 4) is 0 Å². The molecule has 0 radical (unpaired) electrons. The van der Waals surface area contributed by atoms with Gasteiger partial charge in [0.05, 0.1) is 6.20 Å². The maximum Gasteiger partial charge on any atom is 0.156 e. The van der Waals surface area contributed by atoms with Gasteiger partial charge in [-0.2, -0.15) is 0 Å². The number of ether oxygens (including phenoxy) is 1. The summed E-state index contributed by atoms with van der Waals surface area (Å²) in [7, 11) is 0. The van der Waals surface area contributed by atoms with E-state index in [1.165, 1.54) is 18.4 Å². The Bertz CT molecular complexity index is 642. The van der Waals surface area contributed by atoms with Gasteiger partial charge in [0.15, 0.2) is 5.65 Å². The maximum atomic E-state index is 5.41. The summed E-state index contributed by atoms with van der Waals surface area (Å²) in [5.41, 5.74) is 3.25. The number of halogens is 3. The van der Waals surface area contributed by atoms with E-state index in [0.717, 1.165) is 56.1 Å². The van der Waals surface area contributed by atoms with Gasteiger partial charge in [0.25, 0.3) is 0 Å². The molecule has 0 spiro atoms.